The fourth-order valence-electron chi connectivity index (χ4n) is 4.02. The second-order valence-electron chi connectivity index (χ2n) is 7.70. The van der Waals surface area contributed by atoms with Crippen LogP contribution in [0.4, 0.5) is 24.8 Å². The molecule has 4 heterocycles. The second kappa shape index (κ2) is 7.66. The molecule has 0 unspecified atom stereocenters. The van der Waals surface area contributed by atoms with Gasteiger partial charge in [-0.25, -0.2) is 4.98 Å². The maximum absolute atomic E-state index is 13.3. The molecule has 0 atom stereocenters. The molecule has 0 spiro atoms. The number of anilines is 2. The Balaban J connectivity index is 1.63. The van der Waals surface area contributed by atoms with Gasteiger partial charge in [-0.3, -0.25) is 0 Å². The van der Waals surface area contributed by atoms with Crippen molar-refractivity contribution < 1.29 is 13.2 Å². The molecule has 2 aromatic heterocycles. The van der Waals surface area contributed by atoms with Crippen molar-refractivity contribution in [2.45, 2.75) is 44.3 Å². The Bertz CT molecular complexity index is 785. The number of pyridine rings is 1. The highest BCUT2D eigenvalue weighted by atomic mass is 19.4. The zero-order chi connectivity index (χ0) is 19.7. The molecule has 2 aliphatic heterocycles. The van der Waals surface area contributed by atoms with Crippen LogP contribution >= 0.6 is 0 Å². The molecular weight excluding hydrogens is 367 g/mol. The van der Waals surface area contributed by atoms with E-state index in [0.29, 0.717) is 11.5 Å². The molecule has 0 saturated carbocycles. The average molecular weight is 393 g/mol. The van der Waals surface area contributed by atoms with Crippen LogP contribution in [-0.2, 0) is 6.18 Å². The number of nitrogens with two attached hydrogens (primary N) is 1. The van der Waals surface area contributed by atoms with E-state index in [9.17, 15) is 13.2 Å². The molecule has 0 aliphatic carbocycles. The molecule has 5 nitrogen and oxygen atoms in total. The van der Waals surface area contributed by atoms with Crippen LogP contribution in [0, 0.1) is 0 Å². The van der Waals surface area contributed by atoms with Crippen molar-refractivity contribution in [1.29, 1.82) is 0 Å². The Morgan fingerprint density at radius 3 is 2.29 bits per heavy atom. The van der Waals surface area contributed by atoms with Crippen molar-refractivity contribution in [2.24, 2.45) is 5.73 Å². The minimum atomic E-state index is -4.37. The maximum atomic E-state index is 13.3. The molecule has 4 rings (SSSR count). The number of rotatable bonds is 3. The van der Waals surface area contributed by atoms with Crippen molar-refractivity contribution in [2.75, 3.05) is 36.0 Å². The number of halogens is 3. The summed E-state index contributed by atoms with van der Waals surface area (Å²) in [6, 6.07) is 5.23. The first kappa shape index (κ1) is 19.1. The van der Waals surface area contributed by atoms with Gasteiger partial charge in [0.1, 0.15) is 11.6 Å². The lowest BCUT2D eigenvalue weighted by Gasteiger charge is -2.31. The number of piperidine rings is 2. The molecule has 2 N–H and O–H groups in total. The Labute approximate surface area is 162 Å². The molecule has 8 heteroatoms. The van der Waals surface area contributed by atoms with Gasteiger partial charge in [0.2, 0.25) is 0 Å². The van der Waals surface area contributed by atoms with Gasteiger partial charge in [-0.1, -0.05) is 0 Å². The highest BCUT2D eigenvalue weighted by Crippen LogP contribution is 2.35. The van der Waals surface area contributed by atoms with Crippen LogP contribution in [0.1, 0.15) is 37.7 Å². The van der Waals surface area contributed by atoms with Crippen molar-refractivity contribution >= 4 is 11.6 Å². The Morgan fingerprint density at radius 2 is 1.68 bits per heavy atom. The first-order chi connectivity index (χ1) is 13.4. The third-order valence-corrected chi connectivity index (χ3v) is 5.68. The van der Waals surface area contributed by atoms with E-state index < -0.39 is 11.7 Å². The molecule has 152 valence electrons. The fourth-order valence-corrected chi connectivity index (χ4v) is 4.02. The number of alkyl halides is 3. The lowest BCUT2D eigenvalue weighted by atomic mass is 10.1. The first-order valence-electron chi connectivity index (χ1n) is 9.93. The predicted molar refractivity (Wildman–Crippen MR) is 104 cm³/mol. The minimum absolute atomic E-state index is 0.239. The highest BCUT2D eigenvalue weighted by Gasteiger charge is 2.34. The lowest BCUT2D eigenvalue weighted by molar-refractivity contribution is -0.137. The fraction of sp³-hybridized carbons (Fsp3) is 0.550. The van der Waals surface area contributed by atoms with Crippen molar-refractivity contribution in [1.82, 2.24) is 9.55 Å². The van der Waals surface area contributed by atoms with Gasteiger partial charge in [-0.15, -0.1) is 0 Å². The third kappa shape index (κ3) is 3.97. The number of hydrogen-bond donors (Lipinski definition) is 1. The summed E-state index contributed by atoms with van der Waals surface area (Å²) in [6.45, 7) is 3.27. The van der Waals surface area contributed by atoms with Crippen LogP contribution in [0.5, 0.6) is 0 Å². The smallest absolute Gasteiger partial charge is 0.358 e. The number of hydrogen-bond acceptors (Lipinski definition) is 4. The molecule has 0 bridgehead atoms. The monoisotopic (exact) mass is 393 g/mol. The van der Waals surface area contributed by atoms with E-state index in [1.807, 2.05) is 17.0 Å². The molecule has 2 saturated heterocycles. The van der Waals surface area contributed by atoms with Gasteiger partial charge in [0, 0.05) is 38.4 Å². The van der Waals surface area contributed by atoms with Gasteiger partial charge >= 0.3 is 6.18 Å². The number of aromatic nitrogens is 2. The van der Waals surface area contributed by atoms with Crippen molar-refractivity contribution in [3.63, 3.8) is 0 Å². The highest BCUT2D eigenvalue weighted by molar-refractivity contribution is 5.54. The van der Waals surface area contributed by atoms with E-state index in [4.69, 9.17) is 5.73 Å². The van der Waals surface area contributed by atoms with Crippen LogP contribution in [-0.4, -0.2) is 41.8 Å². The van der Waals surface area contributed by atoms with Gasteiger partial charge in [0.05, 0.1) is 17.4 Å². The summed E-state index contributed by atoms with van der Waals surface area (Å²) in [6.07, 6.45) is 3.46. The van der Waals surface area contributed by atoms with Gasteiger partial charge < -0.3 is 20.1 Å². The van der Waals surface area contributed by atoms with Crippen LogP contribution in [0.2, 0.25) is 0 Å². The first-order valence-corrected chi connectivity index (χ1v) is 9.93. The predicted octanol–water partition coefficient (Wildman–Crippen LogP) is 3.81. The summed E-state index contributed by atoms with van der Waals surface area (Å²) in [4.78, 5) is 8.74. The van der Waals surface area contributed by atoms with Gasteiger partial charge in [0.15, 0.2) is 0 Å². The van der Waals surface area contributed by atoms with E-state index in [1.54, 1.807) is 10.8 Å². The molecule has 2 aromatic rings. The topological polar surface area (TPSA) is 50.3 Å². The summed E-state index contributed by atoms with van der Waals surface area (Å²) in [5, 5.41) is 0. The number of nitrogens with zero attached hydrogens (tertiary/aromatic N) is 4. The van der Waals surface area contributed by atoms with E-state index in [2.05, 4.69) is 9.88 Å². The van der Waals surface area contributed by atoms with Gasteiger partial charge in [-0.2, -0.15) is 13.2 Å². The van der Waals surface area contributed by atoms with Crippen LogP contribution in [0.15, 0.2) is 30.6 Å². The second-order valence-corrected chi connectivity index (χ2v) is 7.70. The van der Waals surface area contributed by atoms with Gasteiger partial charge in [0.25, 0.3) is 0 Å². The Hall–Kier alpha value is -2.22. The molecule has 2 aliphatic rings. The summed E-state index contributed by atoms with van der Waals surface area (Å²) in [5.41, 5.74) is 5.98. The zero-order valence-electron chi connectivity index (χ0n) is 15.8. The lowest BCUT2D eigenvalue weighted by Crippen LogP contribution is -2.40. The summed E-state index contributed by atoms with van der Waals surface area (Å²) in [5.74, 6) is 1.43. The van der Waals surface area contributed by atoms with E-state index in [1.165, 1.54) is 12.3 Å². The van der Waals surface area contributed by atoms with Crippen LogP contribution < -0.4 is 15.5 Å². The zero-order valence-corrected chi connectivity index (χ0v) is 15.8. The normalized spacial score (nSPS) is 19.3. The standard InChI is InChI=1S/C20H26F3N5/c21-20(22,23)15-12-19(27-8-2-1-3-9-27)28(14-15)17-4-5-18(25-13-17)26-10-6-16(24)7-11-26/h4-5,12-14,16H,1-3,6-11,24H2. The Morgan fingerprint density at radius 1 is 0.964 bits per heavy atom. The summed E-state index contributed by atoms with van der Waals surface area (Å²) >= 11 is 0. The van der Waals surface area contributed by atoms with E-state index >= 15 is 0 Å². The van der Waals surface area contributed by atoms with Crippen LogP contribution in [0.25, 0.3) is 5.69 Å². The largest absolute Gasteiger partial charge is 0.417 e. The van der Waals surface area contributed by atoms with E-state index in [0.717, 1.165) is 64.1 Å². The SMILES string of the molecule is NC1CCN(c2ccc(-n3cc(C(F)(F)F)cc3N3CCCCC3)cn2)CC1. The molecule has 0 amide bonds. The van der Waals surface area contributed by atoms with E-state index in [-0.39, 0.29) is 6.04 Å². The van der Waals surface area contributed by atoms with Crippen molar-refractivity contribution in [3.8, 4) is 5.69 Å². The molecule has 0 aromatic carbocycles. The molecule has 28 heavy (non-hydrogen) atoms. The molecule has 2 fully saturated rings. The Kier molecular flexibility index (Phi) is 5.23. The molecular formula is C20H26F3N5. The molecule has 0 radical (unpaired) electrons. The van der Waals surface area contributed by atoms with Gasteiger partial charge in [-0.05, 0) is 50.3 Å². The minimum Gasteiger partial charge on any atom is -0.358 e. The summed E-state index contributed by atoms with van der Waals surface area (Å²) in [7, 11) is 0. The summed E-state index contributed by atoms with van der Waals surface area (Å²) < 4.78 is 41.6. The quantitative estimate of drug-likeness (QED) is 0.862. The van der Waals surface area contributed by atoms with Crippen LogP contribution in [0.3, 0.4) is 0 Å². The third-order valence-electron chi connectivity index (χ3n) is 5.68. The van der Waals surface area contributed by atoms with Crippen molar-refractivity contribution in [3.05, 3.63) is 36.2 Å². The average Bonchev–Trinajstić information content (AvgIpc) is 3.15. The maximum Gasteiger partial charge on any atom is 0.417 e.